The summed E-state index contributed by atoms with van der Waals surface area (Å²) in [6.45, 7) is 0.947. The van der Waals surface area contributed by atoms with Crippen molar-refractivity contribution in [3.8, 4) is 0 Å². The molecule has 0 radical (unpaired) electrons. The molecule has 0 aliphatic carbocycles. The zero-order chi connectivity index (χ0) is 16.4. The second kappa shape index (κ2) is 5.74. The first-order valence-electron chi connectivity index (χ1n) is 5.47. The van der Waals surface area contributed by atoms with Gasteiger partial charge in [0.15, 0.2) is 6.29 Å². The first-order chi connectivity index (χ1) is 9.52. The van der Waals surface area contributed by atoms with Gasteiger partial charge in [-0.15, -0.1) is 0 Å². The molecule has 0 N–H and O–H groups in total. The lowest BCUT2D eigenvalue weighted by atomic mass is 9.97. The van der Waals surface area contributed by atoms with Crippen molar-refractivity contribution in [2.24, 2.45) is 0 Å². The van der Waals surface area contributed by atoms with E-state index < -0.39 is 40.6 Å². The Morgan fingerprint density at radius 2 is 1.71 bits per heavy atom. The summed E-state index contributed by atoms with van der Waals surface area (Å²) in [5, 5.41) is 0. The Morgan fingerprint density at radius 1 is 1.14 bits per heavy atom. The highest BCUT2D eigenvalue weighted by molar-refractivity contribution is 5.95. The molecule has 9 heteroatoms. The molecule has 0 aliphatic rings. The zero-order valence-corrected chi connectivity index (χ0v) is 10.4. The first-order valence-corrected chi connectivity index (χ1v) is 5.47. The van der Waals surface area contributed by atoms with Crippen LogP contribution in [0.4, 0.5) is 26.3 Å². The average molecular weight is 314 g/mol. The van der Waals surface area contributed by atoms with Crippen molar-refractivity contribution in [1.29, 1.82) is 0 Å². The van der Waals surface area contributed by atoms with Crippen LogP contribution in [0.25, 0.3) is 0 Å². The molecule has 0 aliphatic heterocycles. The van der Waals surface area contributed by atoms with Gasteiger partial charge in [0.25, 0.3) is 0 Å². The third-order valence-corrected chi connectivity index (χ3v) is 2.40. The maximum Gasteiger partial charge on any atom is 0.417 e. The van der Waals surface area contributed by atoms with Crippen molar-refractivity contribution in [2.75, 3.05) is 6.61 Å². The van der Waals surface area contributed by atoms with E-state index in [1.807, 2.05) is 0 Å². The van der Waals surface area contributed by atoms with Gasteiger partial charge < -0.3 is 4.74 Å². The second-order valence-corrected chi connectivity index (χ2v) is 3.82. The molecular weight excluding hydrogens is 306 g/mol. The van der Waals surface area contributed by atoms with E-state index >= 15 is 0 Å². The molecule has 0 fully saturated rings. The summed E-state index contributed by atoms with van der Waals surface area (Å²) in [5.41, 5.74) is -5.91. The Balaban J connectivity index is 3.69. The highest BCUT2D eigenvalue weighted by Gasteiger charge is 2.41. The van der Waals surface area contributed by atoms with Crippen molar-refractivity contribution < 1.29 is 40.7 Å². The summed E-state index contributed by atoms with van der Waals surface area (Å²) in [6.07, 6.45) is -10.6. The predicted molar refractivity (Wildman–Crippen MR) is 57.8 cm³/mol. The van der Waals surface area contributed by atoms with Gasteiger partial charge in [-0.05, 0) is 19.1 Å². The largest absolute Gasteiger partial charge is 0.462 e. The SMILES string of the molecule is CCOC(=O)c1cc(C(F)(F)F)cc(C=O)c1C(F)(F)F. The number of hydrogen-bond acceptors (Lipinski definition) is 3. The van der Waals surface area contributed by atoms with E-state index in [1.165, 1.54) is 6.92 Å². The lowest BCUT2D eigenvalue weighted by molar-refractivity contribution is -0.141. The molecule has 1 aromatic rings. The molecule has 1 rings (SSSR count). The third-order valence-electron chi connectivity index (χ3n) is 2.40. The molecule has 3 nitrogen and oxygen atoms in total. The van der Waals surface area contributed by atoms with Gasteiger partial charge in [-0.3, -0.25) is 4.79 Å². The Kier molecular flexibility index (Phi) is 4.65. The highest BCUT2D eigenvalue weighted by atomic mass is 19.4. The molecule has 0 amide bonds. The summed E-state index contributed by atoms with van der Waals surface area (Å²) < 4.78 is 80.8. The van der Waals surface area contributed by atoms with E-state index in [9.17, 15) is 35.9 Å². The van der Waals surface area contributed by atoms with Crippen molar-refractivity contribution in [3.05, 3.63) is 34.4 Å². The van der Waals surface area contributed by atoms with Crippen LogP contribution in [0.3, 0.4) is 0 Å². The topological polar surface area (TPSA) is 43.4 Å². The fraction of sp³-hybridized carbons (Fsp3) is 0.333. The van der Waals surface area contributed by atoms with E-state index in [4.69, 9.17) is 0 Å². The number of aldehydes is 1. The minimum absolute atomic E-state index is 0.0216. The smallest absolute Gasteiger partial charge is 0.417 e. The number of hydrogen-bond donors (Lipinski definition) is 0. The van der Waals surface area contributed by atoms with E-state index in [-0.39, 0.29) is 25.0 Å². The summed E-state index contributed by atoms with van der Waals surface area (Å²) in [7, 11) is 0. The molecule has 0 heterocycles. The Labute approximate surface area is 114 Å². The van der Waals surface area contributed by atoms with Gasteiger partial charge in [0.05, 0.1) is 23.3 Å². The molecule has 1 aromatic carbocycles. The van der Waals surface area contributed by atoms with Crippen LogP contribution in [0.15, 0.2) is 12.1 Å². The second-order valence-electron chi connectivity index (χ2n) is 3.82. The van der Waals surface area contributed by atoms with Gasteiger partial charge in [0.1, 0.15) is 0 Å². The van der Waals surface area contributed by atoms with Crippen LogP contribution in [0.2, 0.25) is 0 Å². The summed E-state index contributed by atoms with van der Waals surface area (Å²) in [5.74, 6) is -1.58. The monoisotopic (exact) mass is 314 g/mol. The van der Waals surface area contributed by atoms with Crippen LogP contribution in [-0.2, 0) is 17.1 Å². The summed E-state index contributed by atoms with van der Waals surface area (Å²) >= 11 is 0. The molecular formula is C12H8F6O3. The number of esters is 1. The molecule has 116 valence electrons. The average Bonchev–Trinajstić information content (AvgIpc) is 2.35. The van der Waals surface area contributed by atoms with E-state index in [2.05, 4.69) is 4.74 Å². The first kappa shape index (κ1) is 17.0. The van der Waals surface area contributed by atoms with Crippen molar-refractivity contribution in [3.63, 3.8) is 0 Å². The quantitative estimate of drug-likeness (QED) is 0.485. The van der Waals surface area contributed by atoms with Gasteiger partial charge in [-0.25, -0.2) is 4.79 Å². The molecule has 0 unspecified atom stereocenters. The lowest BCUT2D eigenvalue weighted by Crippen LogP contribution is -2.20. The van der Waals surface area contributed by atoms with Crippen LogP contribution in [-0.4, -0.2) is 18.9 Å². The molecule has 0 spiro atoms. The zero-order valence-electron chi connectivity index (χ0n) is 10.4. The third kappa shape index (κ3) is 3.73. The van der Waals surface area contributed by atoms with Gasteiger partial charge in [0, 0.05) is 5.56 Å². The number of carbonyl (C=O) groups is 2. The highest BCUT2D eigenvalue weighted by Crippen LogP contribution is 2.38. The molecule has 0 saturated carbocycles. The van der Waals surface area contributed by atoms with Gasteiger partial charge in [0.2, 0.25) is 0 Å². The number of benzene rings is 1. The summed E-state index contributed by atoms with van der Waals surface area (Å²) in [6, 6.07) is 0.0619. The van der Waals surface area contributed by atoms with Crippen molar-refractivity contribution in [2.45, 2.75) is 19.3 Å². The maximum atomic E-state index is 12.9. The number of carbonyl (C=O) groups excluding carboxylic acids is 2. The minimum Gasteiger partial charge on any atom is -0.462 e. The number of rotatable bonds is 3. The Hall–Kier alpha value is -2.06. The number of halogens is 6. The van der Waals surface area contributed by atoms with E-state index in [1.54, 1.807) is 0 Å². The Bertz CT molecular complexity index is 559. The van der Waals surface area contributed by atoms with Gasteiger partial charge in [-0.2, -0.15) is 26.3 Å². The predicted octanol–water partition coefficient (Wildman–Crippen LogP) is 3.71. The Morgan fingerprint density at radius 3 is 2.10 bits per heavy atom. The molecule has 0 aromatic heterocycles. The maximum absolute atomic E-state index is 12.9. The van der Waals surface area contributed by atoms with Gasteiger partial charge >= 0.3 is 18.3 Å². The van der Waals surface area contributed by atoms with Crippen molar-refractivity contribution >= 4 is 12.3 Å². The molecule has 0 bridgehead atoms. The fourth-order valence-corrected chi connectivity index (χ4v) is 1.61. The summed E-state index contributed by atoms with van der Waals surface area (Å²) in [4.78, 5) is 22.1. The van der Waals surface area contributed by atoms with Crippen LogP contribution in [0, 0.1) is 0 Å². The van der Waals surface area contributed by atoms with Crippen LogP contribution in [0.5, 0.6) is 0 Å². The molecule has 0 atom stereocenters. The number of ether oxygens (including phenoxy) is 1. The van der Waals surface area contributed by atoms with E-state index in [0.717, 1.165) is 0 Å². The minimum atomic E-state index is -5.18. The van der Waals surface area contributed by atoms with Crippen LogP contribution < -0.4 is 0 Å². The van der Waals surface area contributed by atoms with E-state index in [0.29, 0.717) is 0 Å². The molecule has 21 heavy (non-hydrogen) atoms. The lowest BCUT2D eigenvalue weighted by Gasteiger charge is -2.17. The van der Waals surface area contributed by atoms with Crippen LogP contribution >= 0.6 is 0 Å². The van der Waals surface area contributed by atoms with Gasteiger partial charge in [-0.1, -0.05) is 0 Å². The fourth-order valence-electron chi connectivity index (χ4n) is 1.61. The van der Waals surface area contributed by atoms with Crippen LogP contribution in [0.1, 0.15) is 38.8 Å². The number of alkyl halides is 6. The normalized spacial score (nSPS) is 12.1. The molecule has 0 saturated heterocycles. The van der Waals surface area contributed by atoms with Crippen molar-refractivity contribution in [1.82, 2.24) is 0 Å². The standard InChI is InChI=1S/C12H8F6O3/c1-2-21-10(20)8-4-7(11(13,14)15)3-6(5-19)9(8)12(16,17)18/h3-5H,2H2,1H3.